The number of hydrogen-bond donors (Lipinski definition) is 1. The van der Waals surface area contributed by atoms with E-state index in [2.05, 4.69) is 0 Å². The van der Waals surface area contributed by atoms with Crippen molar-refractivity contribution in [3.8, 4) is 11.5 Å². The first-order chi connectivity index (χ1) is 11.0. The molecule has 2 aromatic carbocycles. The van der Waals surface area contributed by atoms with Gasteiger partial charge in [0.25, 0.3) is 0 Å². The van der Waals surface area contributed by atoms with E-state index in [9.17, 15) is 5.11 Å². The highest BCUT2D eigenvalue weighted by molar-refractivity contribution is 5.72. The summed E-state index contributed by atoms with van der Waals surface area (Å²) < 4.78 is 11.2. The van der Waals surface area contributed by atoms with Gasteiger partial charge in [0.2, 0.25) is 0 Å². The molecule has 0 saturated heterocycles. The third-order valence-electron chi connectivity index (χ3n) is 3.49. The third kappa shape index (κ3) is 4.36. The monoisotopic (exact) mass is 312 g/mol. The molecule has 3 heteroatoms. The standard InChI is InChI=1S/C20H24O3/c1-5-23-18-14-16(12-11-15-9-7-6-8-10-15)13-17(22-4)19(18)20(2,3)21/h6-14,21H,5H2,1-4H3/b12-11+. The molecule has 0 fully saturated rings. The zero-order valence-electron chi connectivity index (χ0n) is 14.2. The second kappa shape index (κ2) is 7.34. The molecule has 0 spiro atoms. The lowest BCUT2D eigenvalue weighted by Gasteiger charge is -2.24. The summed E-state index contributed by atoms with van der Waals surface area (Å²) in [5.74, 6) is 1.27. The minimum absolute atomic E-state index is 0.526. The summed E-state index contributed by atoms with van der Waals surface area (Å²) in [7, 11) is 1.60. The molecule has 122 valence electrons. The molecule has 3 nitrogen and oxygen atoms in total. The molecular formula is C20H24O3. The van der Waals surface area contributed by atoms with Gasteiger partial charge in [-0.25, -0.2) is 0 Å². The molecule has 1 N–H and O–H groups in total. The lowest BCUT2D eigenvalue weighted by molar-refractivity contribution is 0.0719. The Bertz CT molecular complexity index is 667. The number of ether oxygens (including phenoxy) is 2. The van der Waals surface area contributed by atoms with Gasteiger partial charge in [0.1, 0.15) is 11.5 Å². The van der Waals surface area contributed by atoms with Gasteiger partial charge in [0, 0.05) is 0 Å². The molecule has 0 heterocycles. The Morgan fingerprint density at radius 1 is 1.00 bits per heavy atom. The maximum Gasteiger partial charge on any atom is 0.129 e. The summed E-state index contributed by atoms with van der Waals surface area (Å²) in [6, 6.07) is 13.9. The van der Waals surface area contributed by atoms with Crippen LogP contribution in [0.2, 0.25) is 0 Å². The summed E-state index contributed by atoms with van der Waals surface area (Å²) in [6.45, 7) is 5.91. The largest absolute Gasteiger partial charge is 0.496 e. The Balaban J connectivity index is 2.46. The second-order valence-corrected chi connectivity index (χ2v) is 5.83. The van der Waals surface area contributed by atoms with E-state index in [0.717, 1.165) is 11.1 Å². The first-order valence-corrected chi connectivity index (χ1v) is 7.76. The van der Waals surface area contributed by atoms with Crippen molar-refractivity contribution in [2.45, 2.75) is 26.4 Å². The van der Waals surface area contributed by atoms with Crippen LogP contribution < -0.4 is 9.47 Å². The highest BCUT2D eigenvalue weighted by Crippen LogP contribution is 2.39. The van der Waals surface area contributed by atoms with Gasteiger partial charge >= 0.3 is 0 Å². The summed E-state index contributed by atoms with van der Waals surface area (Å²) in [5.41, 5.74) is 1.70. The van der Waals surface area contributed by atoms with Gasteiger partial charge in [0.15, 0.2) is 0 Å². The van der Waals surface area contributed by atoms with Crippen molar-refractivity contribution >= 4 is 12.2 Å². The number of aliphatic hydroxyl groups is 1. The van der Waals surface area contributed by atoms with Crippen LogP contribution >= 0.6 is 0 Å². The fraction of sp³-hybridized carbons (Fsp3) is 0.300. The van der Waals surface area contributed by atoms with Crippen molar-refractivity contribution in [1.29, 1.82) is 0 Å². The van der Waals surface area contributed by atoms with Gasteiger partial charge in [-0.2, -0.15) is 0 Å². The Hall–Kier alpha value is -2.26. The summed E-state index contributed by atoms with van der Waals surface area (Å²) in [4.78, 5) is 0. The molecule has 2 rings (SSSR count). The van der Waals surface area contributed by atoms with Gasteiger partial charge in [-0.3, -0.25) is 0 Å². The topological polar surface area (TPSA) is 38.7 Å². The highest BCUT2D eigenvalue weighted by Gasteiger charge is 2.26. The van der Waals surface area contributed by atoms with E-state index in [1.807, 2.05) is 61.5 Å². The molecule has 0 aliphatic carbocycles. The normalized spacial score (nSPS) is 11.7. The molecule has 0 unspecified atom stereocenters. The second-order valence-electron chi connectivity index (χ2n) is 5.83. The Kier molecular flexibility index (Phi) is 5.45. The van der Waals surface area contributed by atoms with E-state index in [1.54, 1.807) is 21.0 Å². The minimum atomic E-state index is -1.04. The summed E-state index contributed by atoms with van der Waals surface area (Å²) in [5, 5.41) is 10.4. The maximum absolute atomic E-state index is 10.4. The Morgan fingerprint density at radius 2 is 1.61 bits per heavy atom. The molecule has 23 heavy (non-hydrogen) atoms. The van der Waals surface area contributed by atoms with Crippen molar-refractivity contribution in [2.24, 2.45) is 0 Å². The molecule has 0 aromatic heterocycles. The Morgan fingerprint density at radius 3 is 2.17 bits per heavy atom. The van der Waals surface area contributed by atoms with Gasteiger partial charge < -0.3 is 14.6 Å². The maximum atomic E-state index is 10.4. The molecule has 0 saturated carbocycles. The van der Waals surface area contributed by atoms with Gasteiger partial charge in [-0.1, -0.05) is 42.5 Å². The molecular weight excluding hydrogens is 288 g/mol. The van der Waals surface area contributed by atoms with Gasteiger partial charge in [-0.15, -0.1) is 0 Å². The molecule has 0 radical (unpaired) electrons. The zero-order valence-corrected chi connectivity index (χ0v) is 14.2. The van der Waals surface area contributed by atoms with E-state index in [1.165, 1.54) is 0 Å². The molecule has 0 aliphatic rings. The van der Waals surface area contributed by atoms with E-state index in [-0.39, 0.29) is 0 Å². The van der Waals surface area contributed by atoms with Crippen LogP contribution in [0.1, 0.15) is 37.5 Å². The van der Waals surface area contributed by atoms with Crippen LogP contribution in [0.5, 0.6) is 11.5 Å². The van der Waals surface area contributed by atoms with Crippen LogP contribution in [0, 0.1) is 0 Å². The fourth-order valence-electron chi connectivity index (χ4n) is 2.50. The van der Waals surface area contributed by atoms with Crippen LogP contribution in [0.15, 0.2) is 42.5 Å². The van der Waals surface area contributed by atoms with E-state index in [4.69, 9.17) is 9.47 Å². The lowest BCUT2D eigenvalue weighted by atomic mass is 9.94. The minimum Gasteiger partial charge on any atom is -0.496 e. The third-order valence-corrected chi connectivity index (χ3v) is 3.49. The summed E-state index contributed by atoms with van der Waals surface area (Å²) in [6.07, 6.45) is 4.04. The van der Waals surface area contributed by atoms with Crippen molar-refractivity contribution in [2.75, 3.05) is 13.7 Å². The van der Waals surface area contributed by atoms with Crippen LogP contribution in [0.3, 0.4) is 0 Å². The van der Waals surface area contributed by atoms with Crippen molar-refractivity contribution in [3.63, 3.8) is 0 Å². The number of hydrogen-bond acceptors (Lipinski definition) is 3. The van der Waals surface area contributed by atoms with Gasteiger partial charge in [-0.05, 0) is 44.0 Å². The lowest BCUT2D eigenvalue weighted by Crippen LogP contribution is -2.18. The highest BCUT2D eigenvalue weighted by atomic mass is 16.5. The average molecular weight is 312 g/mol. The van der Waals surface area contributed by atoms with Crippen molar-refractivity contribution < 1.29 is 14.6 Å². The van der Waals surface area contributed by atoms with E-state index in [0.29, 0.717) is 23.7 Å². The van der Waals surface area contributed by atoms with Crippen molar-refractivity contribution in [3.05, 3.63) is 59.2 Å². The van der Waals surface area contributed by atoms with Crippen LogP contribution in [0.4, 0.5) is 0 Å². The Labute approximate surface area is 138 Å². The number of rotatable bonds is 6. The molecule has 0 aliphatic heterocycles. The predicted molar refractivity (Wildman–Crippen MR) is 94.8 cm³/mol. The predicted octanol–water partition coefficient (Wildman–Crippen LogP) is 4.49. The molecule has 0 bridgehead atoms. The SMILES string of the molecule is CCOc1cc(/C=C/c2ccccc2)cc(OC)c1C(C)(C)O. The average Bonchev–Trinajstić information content (AvgIpc) is 2.52. The number of methoxy groups -OCH3 is 1. The zero-order chi connectivity index (χ0) is 16.9. The van der Waals surface area contributed by atoms with E-state index < -0.39 is 5.60 Å². The number of benzene rings is 2. The quantitative estimate of drug-likeness (QED) is 0.799. The first-order valence-electron chi connectivity index (χ1n) is 7.76. The smallest absolute Gasteiger partial charge is 0.129 e. The first kappa shape index (κ1) is 17.1. The van der Waals surface area contributed by atoms with Crippen LogP contribution in [0.25, 0.3) is 12.2 Å². The van der Waals surface area contributed by atoms with Crippen molar-refractivity contribution in [1.82, 2.24) is 0 Å². The molecule has 0 amide bonds. The fourth-order valence-corrected chi connectivity index (χ4v) is 2.50. The summed E-state index contributed by atoms with van der Waals surface area (Å²) >= 11 is 0. The molecule has 2 aromatic rings. The van der Waals surface area contributed by atoms with Crippen LogP contribution in [-0.2, 0) is 5.60 Å². The molecule has 0 atom stereocenters. The van der Waals surface area contributed by atoms with Gasteiger partial charge in [0.05, 0.1) is 24.9 Å². The van der Waals surface area contributed by atoms with Crippen LogP contribution in [-0.4, -0.2) is 18.8 Å². The van der Waals surface area contributed by atoms with E-state index >= 15 is 0 Å².